The molecule has 0 radical (unpaired) electrons. The summed E-state index contributed by atoms with van der Waals surface area (Å²) in [4.78, 5) is 0. The van der Waals surface area contributed by atoms with Gasteiger partial charge in [0.2, 0.25) is 0 Å². The zero-order valence-electron chi connectivity index (χ0n) is 10.4. The van der Waals surface area contributed by atoms with Crippen LogP contribution in [-0.4, -0.2) is 25.7 Å². The molecule has 0 atom stereocenters. The lowest BCUT2D eigenvalue weighted by Gasteiger charge is -1.97. The van der Waals surface area contributed by atoms with E-state index in [9.17, 15) is 8.42 Å². The Labute approximate surface area is 114 Å². The van der Waals surface area contributed by atoms with Gasteiger partial charge in [0, 0.05) is 5.75 Å². The minimum Gasteiger partial charge on any atom is -0.228 e. The van der Waals surface area contributed by atoms with Crippen molar-refractivity contribution in [3.05, 3.63) is 24.1 Å². The standard InChI is InChI=1S/C12H22O2S3/c1-3-5-6-7-9-15-16-10-8-12-17(13,14)11-4-2/h4,8,10H,2-3,5-7,9,11-12H2,1H3/b10-8-. The van der Waals surface area contributed by atoms with Crippen molar-refractivity contribution in [2.45, 2.75) is 32.6 Å². The Bertz CT molecular complexity index is 308. The van der Waals surface area contributed by atoms with Crippen LogP contribution in [0.25, 0.3) is 0 Å². The number of hydrogen-bond acceptors (Lipinski definition) is 4. The van der Waals surface area contributed by atoms with E-state index in [0.717, 1.165) is 5.75 Å². The first kappa shape index (κ1) is 17.1. The molecule has 0 aromatic rings. The first-order chi connectivity index (χ1) is 8.12. The van der Waals surface area contributed by atoms with Crippen molar-refractivity contribution in [3.63, 3.8) is 0 Å². The van der Waals surface area contributed by atoms with Gasteiger partial charge in [0.05, 0.1) is 11.5 Å². The monoisotopic (exact) mass is 294 g/mol. The predicted octanol–water partition coefficient (Wildman–Crippen LogP) is 4.06. The van der Waals surface area contributed by atoms with Gasteiger partial charge >= 0.3 is 0 Å². The van der Waals surface area contributed by atoms with E-state index in [1.807, 2.05) is 5.41 Å². The van der Waals surface area contributed by atoms with Crippen molar-refractivity contribution in [2.75, 3.05) is 17.3 Å². The van der Waals surface area contributed by atoms with Crippen LogP contribution in [0.4, 0.5) is 0 Å². The fourth-order valence-corrected chi connectivity index (χ4v) is 3.94. The lowest BCUT2D eigenvalue weighted by Crippen LogP contribution is -2.06. The van der Waals surface area contributed by atoms with Crippen LogP contribution >= 0.6 is 21.6 Å². The second-order valence-electron chi connectivity index (χ2n) is 3.72. The van der Waals surface area contributed by atoms with E-state index in [-0.39, 0.29) is 11.5 Å². The van der Waals surface area contributed by atoms with E-state index in [2.05, 4.69) is 13.5 Å². The molecule has 0 aromatic heterocycles. The van der Waals surface area contributed by atoms with Crippen LogP contribution in [0.2, 0.25) is 0 Å². The third kappa shape index (κ3) is 12.4. The number of sulfone groups is 1. The first-order valence-corrected chi connectivity index (χ1v) is 10.1. The van der Waals surface area contributed by atoms with E-state index in [1.165, 1.54) is 31.8 Å². The zero-order chi connectivity index (χ0) is 13.0. The van der Waals surface area contributed by atoms with Gasteiger partial charge in [-0.2, -0.15) is 0 Å². The Morgan fingerprint density at radius 2 is 1.94 bits per heavy atom. The van der Waals surface area contributed by atoms with Gasteiger partial charge in [-0.1, -0.05) is 59.9 Å². The van der Waals surface area contributed by atoms with E-state index in [0.29, 0.717) is 0 Å². The van der Waals surface area contributed by atoms with Gasteiger partial charge in [-0.25, -0.2) is 8.42 Å². The van der Waals surface area contributed by atoms with Gasteiger partial charge in [-0.05, 0) is 11.8 Å². The third-order valence-electron chi connectivity index (χ3n) is 2.02. The average Bonchev–Trinajstić information content (AvgIpc) is 2.27. The van der Waals surface area contributed by atoms with Crippen molar-refractivity contribution in [1.82, 2.24) is 0 Å². The summed E-state index contributed by atoms with van der Waals surface area (Å²) < 4.78 is 22.6. The van der Waals surface area contributed by atoms with Crippen LogP contribution in [-0.2, 0) is 9.84 Å². The maximum atomic E-state index is 11.3. The maximum Gasteiger partial charge on any atom is 0.157 e. The van der Waals surface area contributed by atoms with Gasteiger partial charge in [-0.3, -0.25) is 0 Å². The van der Waals surface area contributed by atoms with Crippen LogP contribution in [0.15, 0.2) is 24.1 Å². The van der Waals surface area contributed by atoms with Crippen molar-refractivity contribution in [2.24, 2.45) is 0 Å². The number of unbranched alkanes of at least 4 members (excludes halogenated alkanes) is 3. The summed E-state index contributed by atoms with van der Waals surface area (Å²) >= 11 is 0. The number of rotatable bonds is 11. The third-order valence-corrected chi connectivity index (χ3v) is 5.60. The summed E-state index contributed by atoms with van der Waals surface area (Å²) in [5.41, 5.74) is 0. The molecule has 0 fully saturated rings. The largest absolute Gasteiger partial charge is 0.228 e. The Morgan fingerprint density at radius 3 is 2.59 bits per heavy atom. The second kappa shape index (κ2) is 11.2. The van der Waals surface area contributed by atoms with Crippen molar-refractivity contribution in [3.8, 4) is 0 Å². The topological polar surface area (TPSA) is 34.1 Å². The number of hydrogen-bond donors (Lipinski definition) is 0. The zero-order valence-corrected chi connectivity index (χ0v) is 12.9. The molecule has 17 heavy (non-hydrogen) atoms. The minimum atomic E-state index is -2.96. The first-order valence-electron chi connectivity index (χ1n) is 5.87. The Morgan fingerprint density at radius 1 is 1.18 bits per heavy atom. The molecule has 2 nitrogen and oxygen atoms in total. The molecule has 0 spiro atoms. The minimum absolute atomic E-state index is 0.0617. The highest BCUT2D eigenvalue weighted by molar-refractivity contribution is 8.77. The molecular formula is C12H22O2S3. The molecular weight excluding hydrogens is 272 g/mol. The van der Waals surface area contributed by atoms with Crippen LogP contribution in [0.1, 0.15) is 32.6 Å². The van der Waals surface area contributed by atoms with E-state index in [1.54, 1.807) is 27.7 Å². The SMILES string of the molecule is C=CCS(=O)(=O)C/C=C\SSCCCCCC. The van der Waals surface area contributed by atoms with Crippen LogP contribution in [0.5, 0.6) is 0 Å². The molecule has 0 aliphatic heterocycles. The van der Waals surface area contributed by atoms with Crippen molar-refractivity contribution >= 4 is 31.4 Å². The van der Waals surface area contributed by atoms with E-state index in [4.69, 9.17) is 0 Å². The molecule has 0 unspecified atom stereocenters. The molecule has 0 saturated carbocycles. The Balaban J connectivity index is 3.46. The Kier molecular flexibility index (Phi) is 11.3. The van der Waals surface area contributed by atoms with Gasteiger partial charge < -0.3 is 0 Å². The van der Waals surface area contributed by atoms with Crippen molar-refractivity contribution < 1.29 is 8.42 Å². The fraction of sp³-hybridized carbons (Fsp3) is 0.667. The normalized spacial score (nSPS) is 12.1. The molecule has 100 valence electrons. The molecule has 0 heterocycles. The van der Waals surface area contributed by atoms with Gasteiger partial charge in [0.1, 0.15) is 0 Å². The van der Waals surface area contributed by atoms with Crippen LogP contribution in [0, 0.1) is 0 Å². The predicted molar refractivity (Wildman–Crippen MR) is 82.2 cm³/mol. The van der Waals surface area contributed by atoms with E-state index < -0.39 is 9.84 Å². The van der Waals surface area contributed by atoms with Gasteiger partial charge in [0.15, 0.2) is 9.84 Å². The van der Waals surface area contributed by atoms with Crippen LogP contribution in [0.3, 0.4) is 0 Å². The Hall–Kier alpha value is 0.130. The van der Waals surface area contributed by atoms with Crippen molar-refractivity contribution in [1.29, 1.82) is 0 Å². The molecule has 0 amide bonds. The highest BCUT2D eigenvalue weighted by Crippen LogP contribution is 2.24. The fourth-order valence-electron chi connectivity index (χ4n) is 1.15. The van der Waals surface area contributed by atoms with Gasteiger partial charge in [-0.15, -0.1) is 6.58 Å². The molecule has 0 rings (SSSR count). The molecule has 0 aliphatic rings. The lowest BCUT2D eigenvalue weighted by atomic mass is 10.2. The summed E-state index contributed by atoms with van der Waals surface area (Å²) in [6.07, 6.45) is 8.25. The molecule has 5 heteroatoms. The maximum absolute atomic E-state index is 11.3. The molecule has 0 saturated heterocycles. The highest BCUT2D eigenvalue weighted by atomic mass is 33.1. The smallest absolute Gasteiger partial charge is 0.157 e. The summed E-state index contributed by atoms with van der Waals surface area (Å²) in [5, 5.41) is 1.87. The lowest BCUT2D eigenvalue weighted by molar-refractivity contribution is 0.602. The average molecular weight is 295 g/mol. The molecule has 0 aromatic carbocycles. The molecule has 0 N–H and O–H groups in total. The molecule has 0 bridgehead atoms. The summed E-state index contributed by atoms with van der Waals surface area (Å²) in [6, 6.07) is 0. The van der Waals surface area contributed by atoms with Gasteiger partial charge in [0.25, 0.3) is 0 Å². The second-order valence-corrected chi connectivity index (χ2v) is 8.26. The summed E-state index contributed by atoms with van der Waals surface area (Å²) in [5.74, 6) is 1.31. The highest BCUT2D eigenvalue weighted by Gasteiger charge is 2.03. The summed E-state index contributed by atoms with van der Waals surface area (Å²) in [7, 11) is 0.435. The quantitative estimate of drug-likeness (QED) is 0.327. The summed E-state index contributed by atoms with van der Waals surface area (Å²) in [6.45, 7) is 5.63. The van der Waals surface area contributed by atoms with E-state index >= 15 is 0 Å². The van der Waals surface area contributed by atoms with Crippen LogP contribution < -0.4 is 0 Å². The molecule has 0 aliphatic carbocycles.